The molecule has 1 amide bonds. The summed E-state index contributed by atoms with van der Waals surface area (Å²) >= 11 is 12.7. The van der Waals surface area contributed by atoms with E-state index in [2.05, 4.69) is 35.6 Å². The molecule has 194 valence electrons. The number of aromatic nitrogens is 4. The van der Waals surface area contributed by atoms with Crippen LogP contribution in [0.15, 0.2) is 67.0 Å². The number of carbonyl (C=O) groups is 1. The van der Waals surface area contributed by atoms with E-state index in [-0.39, 0.29) is 17.9 Å². The highest BCUT2D eigenvalue weighted by atomic mass is 35.5. The van der Waals surface area contributed by atoms with Crippen LogP contribution in [0.2, 0.25) is 10.2 Å². The quantitative estimate of drug-likeness (QED) is 0.275. The lowest BCUT2D eigenvalue weighted by atomic mass is 10.00. The second-order valence-corrected chi connectivity index (χ2v) is 10.2. The Bertz CT molecular complexity index is 1350. The van der Waals surface area contributed by atoms with Gasteiger partial charge < -0.3 is 15.2 Å². The van der Waals surface area contributed by atoms with E-state index in [4.69, 9.17) is 33.9 Å². The predicted molar refractivity (Wildman–Crippen MR) is 149 cm³/mol. The number of nitrogens with two attached hydrogens (primary N) is 1. The van der Waals surface area contributed by atoms with E-state index in [1.54, 1.807) is 7.05 Å². The lowest BCUT2D eigenvalue weighted by Gasteiger charge is -2.34. The maximum atomic E-state index is 13.9. The van der Waals surface area contributed by atoms with Gasteiger partial charge in [-0.25, -0.2) is 4.98 Å². The van der Waals surface area contributed by atoms with Crippen LogP contribution in [0.1, 0.15) is 48.1 Å². The number of benzene rings is 2. The van der Waals surface area contributed by atoms with E-state index in [0.717, 1.165) is 22.6 Å². The zero-order valence-corrected chi connectivity index (χ0v) is 22.8. The molecular weight excluding hydrogens is 507 g/mol. The Hall–Kier alpha value is -3.13. The van der Waals surface area contributed by atoms with Gasteiger partial charge in [0.2, 0.25) is 0 Å². The Morgan fingerprint density at radius 1 is 1.11 bits per heavy atom. The third-order valence-corrected chi connectivity index (χ3v) is 7.00. The fourth-order valence-electron chi connectivity index (χ4n) is 4.51. The minimum absolute atomic E-state index is 0.0568. The SMILES string of the molecule is CC(C)[C@H](c1nc(-c2cccc(Cl)c2)cn1Cc1ccccc1)N(CCCN)C(=O)c1cnn(C)c1Cl. The van der Waals surface area contributed by atoms with Crippen LogP contribution in [0.4, 0.5) is 0 Å². The van der Waals surface area contributed by atoms with Gasteiger partial charge in [-0.3, -0.25) is 9.48 Å². The van der Waals surface area contributed by atoms with Gasteiger partial charge in [0.25, 0.3) is 5.91 Å². The van der Waals surface area contributed by atoms with Crippen LogP contribution < -0.4 is 5.73 Å². The molecule has 0 fully saturated rings. The third-order valence-electron chi connectivity index (χ3n) is 6.32. The Morgan fingerprint density at radius 3 is 2.49 bits per heavy atom. The molecule has 0 aliphatic rings. The van der Waals surface area contributed by atoms with E-state index >= 15 is 0 Å². The van der Waals surface area contributed by atoms with Gasteiger partial charge in [0.15, 0.2) is 0 Å². The molecule has 4 rings (SSSR count). The molecule has 4 aromatic rings. The number of hydrogen-bond acceptors (Lipinski definition) is 4. The Kier molecular flexibility index (Phi) is 8.69. The first-order chi connectivity index (χ1) is 17.8. The fraction of sp³-hybridized carbons (Fsp3) is 0.321. The Balaban J connectivity index is 1.84. The second kappa shape index (κ2) is 11.9. The standard InChI is InChI=1S/C28H32Cl2N6O/c1-19(2)25(36(14-8-13-31)28(37)23-16-32-34(3)26(23)30)27-33-24(21-11-7-12-22(29)15-21)18-35(27)17-20-9-5-4-6-10-20/h4-7,9-12,15-16,18-19,25H,8,13-14,17,31H2,1-3H3/t25-/m1/s1. The molecule has 2 N–H and O–H groups in total. The molecule has 0 bridgehead atoms. The Morgan fingerprint density at radius 2 is 1.86 bits per heavy atom. The summed E-state index contributed by atoms with van der Waals surface area (Å²) in [5, 5.41) is 5.13. The summed E-state index contributed by atoms with van der Waals surface area (Å²) in [7, 11) is 1.72. The summed E-state index contributed by atoms with van der Waals surface area (Å²) < 4.78 is 3.62. The molecule has 0 saturated carbocycles. The van der Waals surface area contributed by atoms with E-state index < -0.39 is 0 Å². The van der Waals surface area contributed by atoms with Gasteiger partial charge >= 0.3 is 0 Å². The van der Waals surface area contributed by atoms with Gasteiger partial charge in [0.1, 0.15) is 11.0 Å². The number of imidazole rings is 1. The zero-order valence-electron chi connectivity index (χ0n) is 21.3. The predicted octanol–water partition coefficient (Wildman–Crippen LogP) is 5.83. The van der Waals surface area contributed by atoms with E-state index in [9.17, 15) is 4.79 Å². The van der Waals surface area contributed by atoms with E-state index in [0.29, 0.717) is 41.8 Å². The van der Waals surface area contributed by atoms with Crippen molar-refractivity contribution in [3.05, 3.63) is 94.1 Å². The Labute approximate surface area is 227 Å². The molecular formula is C28H32Cl2N6O. The van der Waals surface area contributed by atoms with Crippen molar-refractivity contribution >= 4 is 29.1 Å². The van der Waals surface area contributed by atoms with Gasteiger partial charge in [0, 0.05) is 36.9 Å². The minimum atomic E-state index is -0.327. The largest absolute Gasteiger partial charge is 0.330 e. The van der Waals surface area contributed by atoms with Crippen molar-refractivity contribution in [3.63, 3.8) is 0 Å². The minimum Gasteiger partial charge on any atom is -0.330 e. The second-order valence-electron chi connectivity index (χ2n) is 9.41. The summed E-state index contributed by atoms with van der Waals surface area (Å²) in [6.45, 7) is 5.73. The summed E-state index contributed by atoms with van der Waals surface area (Å²) in [5.41, 5.74) is 9.09. The highest BCUT2D eigenvalue weighted by Gasteiger charge is 2.34. The number of amides is 1. The number of hydrogen-bond donors (Lipinski definition) is 1. The van der Waals surface area contributed by atoms with Gasteiger partial charge in [0.05, 0.1) is 23.5 Å². The van der Waals surface area contributed by atoms with Crippen molar-refractivity contribution in [2.75, 3.05) is 13.1 Å². The molecule has 0 aliphatic heterocycles. The first kappa shape index (κ1) is 26.9. The van der Waals surface area contributed by atoms with Gasteiger partial charge in [-0.15, -0.1) is 0 Å². The number of nitrogens with zero attached hydrogens (tertiary/aromatic N) is 5. The maximum Gasteiger partial charge on any atom is 0.259 e. The van der Waals surface area contributed by atoms with Crippen LogP contribution in [0.5, 0.6) is 0 Å². The summed E-state index contributed by atoms with van der Waals surface area (Å²) in [6, 6.07) is 17.5. The van der Waals surface area contributed by atoms with Gasteiger partial charge in [-0.05, 0) is 36.6 Å². The van der Waals surface area contributed by atoms with Crippen LogP contribution in [0.25, 0.3) is 11.3 Å². The van der Waals surface area contributed by atoms with Crippen LogP contribution in [0, 0.1) is 5.92 Å². The summed E-state index contributed by atoms with van der Waals surface area (Å²) in [5.74, 6) is 0.657. The van der Waals surface area contributed by atoms with Crippen molar-refractivity contribution in [3.8, 4) is 11.3 Å². The summed E-state index contributed by atoms with van der Waals surface area (Å²) in [4.78, 5) is 20.8. The first-order valence-electron chi connectivity index (χ1n) is 12.4. The highest BCUT2D eigenvalue weighted by molar-refractivity contribution is 6.32. The molecule has 2 heterocycles. The van der Waals surface area contributed by atoms with E-state index in [1.807, 2.05) is 53.6 Å². The molecule has 2 aromatic heterocycles. The molecule has 0 saturated heterocycles. The van der Waals surface area contributed by atoms with Crippen LogP contribution in [-0.2, 0) is 13.6 Å². The lowest BCUT2D eigenvalue weighted by molar-refractivity contribution is 0.0604. The van der Waals surface area contributed by atoms with Crippen molar-refractivity contribution in [2.24, 2.45) is 18.7 Å². The monoisotopic (exact) mass is 538 g/mol. The molecule has 9 heteroatoms. The molecule has 1 atom stereocenters. The third kappa shape index (κ3) is 6.06. The van der Waals surface area contributed by atoms with Crippen molar-refractivity contribution < 1.29 is 4.79 Å². The maximum absolute atomic E-state index is 13.9. The summed E-state index contributed by atoms with van der Waals surface area (Å²) in [6.07, 6.45) is 4.20. The van der Waals surface area contributed by atoms with Crippen LogP contribution in [0.3, 0.4) is 0 Å². The smallest absolute Gasteiger partial charge is 0.259 e. The normalized spacial score (nSPS) is 12.2. The van der Waals surface area contributed by atoms with Gasteiger partial charge in [-0.1, -0.05) is 79.5 Å². The van der Waals surface area contributed by atoms with Crippen LogP contribution in [-0.4, -0.2) is 43.2 Å². The topological polar surface area (TPSA) is 82.0 Å². The molecule has 0 spiro atoms. The van der Waals surface area contributed by atoms with Crippen LogP contribution >= 0.6 is 23.2 Å². The number of halogens is 2. The highest BCUT2D eigenvalue weighted by Crippen LogP contribution is 2.34. The molecule has 37 heavy (non-hydrogen) atoms. The van der Waals surface area contributed by atoms with Crippen molar-refractivity contribution in [1.29, 1.82) is 0 Å². The molecule has 0 aliphatic carbocycles. The zero-order chi connectivity index (χ0) is 26.5. The fourth-order valence-corrected chi connectivity index (χ4v) is 4.87. The number of rotatable bonds is 10. The van der Waals surface area contributed by atoms with Crippen molar-refractivity contribution in [2.45, 2.75) is 32.9 Å². The molecule has 7 nitrogen and oxygen atoms in total. The average Bonchev–Trinajstić information content (AvgIpc) is 3.44. The van der Waals surface area contributed by atoms with Gasteiger partial charge in [-0.2, -0.15) is 5.10 Å². The average molecular weight is 540 g/mol. The number of aryl methyl sites for hydroxylation is 1. The lowest BCUT2D eigenvalue weighted by Crippen LogP contribution is -2.40. The van der Waals surface area contributed by atoms with E-state index in [1.165, 1.54) is 10.9 Å². The first-order valence-corrected chi connectivity index (χ1v) is 13.1. The molecule has 0 radical (unpaired) electrons. The number of carbonyl (C=O) groups excluding carboxylic acids is 1. The molecule has 2 aromatic carbocycles. The molecule has 0 unspecified atom stereocenters. The van der Waals surface area contributed by atoms with Crippen molar-refractivity contribution in [1.82, 2.24) is 24.2 Å².